The Morgan fingerprint density at radius 1 is 0.865 bits per heavy atom. The van der Waals surface area contributed by atoms with Crippen LogP contribution in [0.15, 0.2) is 66.7 Å². The van der Waals surface area contributed by atoms with Crippen molar-refractivity contribution in [1.29, 1.82) is 0 Å². The molecule has 3 aromatic carbocycles. The molecule has 0 radical (unpaired) electrons. The smallest absolute Gasteiger partial charge is 0.269 e. The van der Waals surface area contributed by atoms with Gasteiger partial charge in [0.1, 0.15) is 5.92 Å². The molecule has 0 unspecified atom stereocenters. The summed E-state index contributed by atoms with van der Waals surface area (Å²) in [6.07, 6.45) is -1.23. The predicted octanol–water partition coefficient (Wildman–Crippen LogP) is 3.27. The monoisotopic (exact) mass is 506 g/mol. The number of fused-ring (bicyclic) bond motifs is 1. The lowest BCUT2D eigenvalue weighted by Crippen LogP contribution is -2.37. The first-order valence-corrected chi connectivity index (χ1v) is 10.9. The maximum absolute atomic E-state index is 13.6. The number of carbonyl (C=O) groups excluding carboxylic acids is 2. The Labute approximate surface area is 208 Å². The van der Waals surface area contributed by atoms with Crippen LogP contribution in [0, 0.1) is 26.1 Å². The fraction of sp³-hybridized carbons (Fsp3) is 0.167. The highest BCUT2D eigenvalue weighted by Crippen LogP contribution is 2.48. The number of methoxy groups -OCH3 is 1. The molecule has 2 heterocycles. The number of non-ortho nitro benzene ring substituents is 2. The van der Waals surface area contributed by atoms with Gasteiger partial charge in [-0.25, -0.2) is 9.96 Å². The van der Waals surface area contributed by atoms with Crippen molar-refractivity contribution in [3.8, 4) is 11.5 Å². The van der Waals surface area contributed by atoms with Gasteiger partial charge in [0, 0.05) is 24.3 Å². The Hall–Kier alpha value is -5.04. The molecule has 0 bridgehead atoms. The Morgan fingerprint density at radius 2 is 1.43 bits per heavy atom. The molecule has 3 atom stereocenters. The van der Waals surface area contributed by atoms with Crippen LogP contribution in [0.3, 0.4) is 0 Å². The van der Waals surface area contributed by atoms with Gasteiger partial charge in [-0.1, -0.05) is 6.07 Å². The molecule has 5 rings (SSSR count). The van der Waals surface area contributed by atoms with Crippen molar-refractivity contribution < 1.29 is 34.1 Å². The molecule has 13 nitrogen and oxygen atoms in total. The van der Waals surface area contributed by atoms with Gasteiger partial charge in [-0.15, -0.1) is 0 Å². The fourth-order valence-corrected chi connectivity index (χ4v) is 4.55. The van der Waals surface area contributed by atoms with Gasteiger partial charge >= 0.3 is 0 Å². The minimum absolute atomic E-state index is 0.133. The van der Waals surface area contributed by atoms with Crippen molar-refractivity contribution in [3.63, 3.8) is 0 Å². The minimum atomic E-state index is -1.23. The van der Waals surface area contributed by atoms with Crippen LogP contribution in [-0.2, 0) is 14.4 Å². The van der Waals surface area contributed by atoms with E-state index < -0.39 is 39.7 Å². The van der Waals surface area contributed by atoms with Crippen LogP contribution in [0.25, 0.3) is 0 Å². The molecule has 2 amide bonds. The van der Waals surface area contributed by atoms with Crippen molar-refractivity contribution in [2.75, 3.05) is 17.1 Å². The number of nitro benzene ring substituents is 2. The second-order valence-electron chi connectivity index (χ2n) is 8.31. The third kappa shape index (κ3) is 3.87. The fourth-order valence-electron chi connectivity index (χ4n) is 4.55. The third-order valence-electron chi connectivity index (χ3n) is 6.29. The largest absolute Gasteiger partial charge is 0.504 e. The summed E-state index contributed by atoms with van der Waals surface area (Å²) < 4.78 is 5.21. The lowest BCUT2D eigenvalue weighted by molar-refractivity contribution is -0.385. The van der Waals surface area contributed by atoms with E-state index in [4.69, 9.17) is 9.57 Å². The SMILES string of the molecule is COc1cc([C@@H]2[C@@H]3C(=O)N(c4ccc([N+](=O)[O-])cc4)C(=O)[C@H]3ON2c2ccc([N+](=O)[O-])cc2)ccc1O. The van der Waals surface area contributed by atoms with E-state index in [0.717, 1.165) is 4.90 Å². The number of nitro groups is 2. The highest BCUT2D eigenvalue weighted by Gasteiger charge is 2.60. The number of phenols is 1. The maximum atomic E-state index is 13.6. The zero-order valence-corrected chi connectivity index (χ0v) is 19.1. The van der Waals surface area contributed by atoms with E-state index in [0.29, 0.717) is 11.3 Å². The Bertz CT molecular complexity index is 1430. The van der Waals surface area contributed by atoms with Gasteiger partial charge < -0.3 is 9.84 Å². The molecule has 2 fully saturated rings. The molecule has 0 spiro atoms. The first-order valence-electron chi connectivity index (χ1n) is 10.9. The maximum Gasteiger partial charge on any atom is 0.269 e. The van der Waals surface area contributed by atoms with E-state index in [9.17, 15) is 34.9 Å². The summed E-state index contributed by atoms with van der Waals surface area (Å²) in [4.78, 5) is 54.8. The molecule has 2 aliphatic heterocycles. The number of carbonyl (C=O) groups is 2. The molecule has 0 aromatic heterocycles. The second kappa shape index (κ2) is 8.87. The van der Waals surface area contributed by atoms with Crippen molar-refractivity contribution in [2.24, 2.45) is 5.92 Å². The van der Waals surface area contributed by atoms with Crippen LogP contribution in [0.4, 0.5) is 22.7 Å². The average molecular weight is 506 g/mol. The number of hydroxylamine groups is 1. The molecule has 188 valence electrons. The standard InChI is InChI=1S/C24H18N4O9/c1-36-19-12-13(2-11-18(19)29)21-20-22(37-26(21)15-5-9-17(10-6-15)28(34)35)24(31)25(23(20)30)14-3-7-16(8-4-14)27(32)33/h2-12,20-22,29H,1H3/t20-,21+,22-/m0/s1. The van der Waals surface area contributed by atoms with Gasteiger partial charge in [-0.05, 0) is 42.0 Å². The zero-order chi connectivity index (χ0) is 26.4. The molecule has 0 saturated carbocycles. The number of aromatic hydroxyl groups is 1. The Kier molecular flexibility index (Phi) is 5.68. The average Bonchev–Trinajstić information content (AvgIpc) is 3.40. The van der Waals surface area contributed by atoms with Gasteiger partial charge in [0.05, 0.1) is 34.4 Å². The Balaban J connectivity index is 1.57. The van der Waals surface area contributed by atoms with Crippen molar-refractivity contribution >= 4 is 34.6 Å². The first kappa shape index (κ1) is 23.7. The van der Waals surface area contributed by atoms with Gasteiger partial charge in [-0.2, -0.15) is 0 Å². The minimum Gasteiger partial charge on any atom is -0.504 e. The number of nitrogens with zero attached hydrogens (tertiary/aromatic N) is 4. The number of anilines is 2. The van der Waals surface area contributed by atoms with E-state index in [2.05, 4.69) is 0 Å². The summed E-state index contributed by atoms with van der Waals surface area (Å²) in [6, 6.07) is 14.0. The topological polar surface area (TPSA) is 166 Å². The number of phenolic OH excluding ortho intramolecular Hbond substituents is 1. The summed E-state index contributed by atoms with van der Waals surface area (Å²) in [5, 5.41) is 33.5. The lowest BCUT2D eigenvalue weighted by atomic mass is 9.90. The molecule has 0 aliphatic carbocycles. The van der Waals surface area contributed by atoms with Crippen LogP contribution in [0.1, 0.15) is 11.6 Å². The predicted molar refractivity (Wildman–Crippen MR) is 127 cm³/mol. The third-order valence-corrected chi connectivity index (χ3v) is 6.29. The number of imide groups is 1. The normalized spacial score (nSPS) is 20.7. The van der Waals surface area contributed by atoms with Crippen molar-refractivity contribution in [2.45, 2.75) is 12.1 Å². The van der Waals surface area contributed by atoms with E-state index in [1.165, 1.54) is 72.8 Å². The van der Waals surface area contributed by atoms with E-state index in [1.54, 1.807) is 6.07 Å². The number of hydrogen-bond acceptors (Lipinski definition) is 10. The molecule has 37 heavy (non-hydrogen) atoms. The summed E-state index contributed by atoms with van der Waals surface area (Å²) in [5.41, 5.74) is 0.648. The van der Waals surface area contributed by atoms with E-state index in [-0.39, 0.29) is 28.6 Å². The summed E-state index contributed by atoms with van der Waals surface area (Å²) in [5.74, 6) is -2.29. The van der Waals surface area contributed by atoms with Gasteiger partial charge in [-0.3, -0.25) is 34.7 Å². The number of rotatable bonds is 6. The first-order chi connectivity index (χ1) is 17.7. The number of hydrogen-bond donors (Lipinski definition) is 1. The number of amides is 2. The van der Waals surface area contributed by atoms with Crippen molar-refractivity contribution in [3.05, 3.63) is 92.5 Å². The molecule has 1 N–H and O–H groups in total. The number of benzene rings is 3. The summed E-state index contributed by atoms with van der Waals surface area (Å²) in [7, 11) is 1.36. The van der Waals surface area contributed by atoms with Crippen LogP contribution < -0.4 is 14.7 Å². The molecular weight excluding hydrogens is 488 g/mol. The quantitative estimate of drug-likeness (QED) is 0.298. The van der Waals surface area contributed by atoms with Gasteiger partial charge in [0.2, 0.25) is 5.91 Å². The molecule has 2 aliphatic rings. The number of ether oxygens (including phenoxy) is 1. The molecular formula is C24H18N4O9. The lowest BCUT2D eigenvalue weighted by Gasteiger charge is -2.29. The zero-order valence-electron chi connectivity index (χ0n) is 19.1. The molecule has 2 saturated heterocycles. The van der Waals surface area contributed by atoms with Gasteiger partial charge in [0.25, 0.3) is 17.3 Å². The summed E-state index contributed by atoms with van der Waals surface area (Å²) >= 11 is 0. The van der Waals surface area contributed by atoms with Crippen LogP contribution in [0.2, 0.25) is 0 Å². The second-order valence-corrected chi connectivity index (χ2v) is 8.31. The van der Waals surface area contributed by atoms with Gasteiger partial charge in [0.15, 0.2) is 17.6 Å². The van der Waals surface area contributed by atoms with Crippen LogP contribution in [0.5, 0.6) is 11.5 Å². The summed E-state index contributed by atoms with van der Waals surface area (Å²) in [6.45, 7) is 0. The highest BCUT2D eigenvalue weighted by atomic mass is 16.7. The van der Waals surface area contributed by atoms with Crippen LogP contribution >= 0.6 is 0 Å². The highest BCUT2D eigenvalue weighted by molar-refractivity contribution is 6.24. The van der Waals surface area contributed by atoms with E-state index >= 15 is 0 Å². The Morgan fingerprint density at radius 3 is 1.97 bits per heavy atom. The van der Waals surface area contributed by atoms with Crippen molar-refractivity contribution in [1.82, 2.24) is 0 Å². The molecule has 13 heteroatoms. The van der Waals surface area contributed by atoms with Crippen LogP contribution in [-0.4, -0.2) is 40.0 Å². The van der Waals surface area contributed by atoms with E-state index in [1.807, 2.05) is 0 Å². The molecule has 3 aromatic rings.